The number of fused-ring (bicyclic) bond motifs is 3. The molecular formula is C36H39FN4O3S. The number of nitrogens with zero attached hydrogens (tertiary/aromatic N) is 4. The second kappa shape index (κ2) is 12.3. The van der Waals surface area contributed by atoms with E-state index < -0.39 is 5.82 Å². The van der Waals surface area contributed by atoms with E-state index in [0.29, 0.717) is 46.8 Å². The van der Waals surface area contributed by atoms with Gasteiger partial charge in [0.15, 0.2) is 0 Å². The third-order valence-electron chi connectivity index (χ3n) is 9.92. The smallest absolute Gasteiger partial charge is 0.268 e. The lowest BCUT2D eigenvalue weighted by atomic mass is 9.90. The van der Waals surface area contributed by atoms with E-state index in [4.69, 9.17) is 4.98 Å². The molecule has 2 aliphatic heterocycles. The van der Waals surface area contributed by atoms with Crippen molar-refractivity contribution in [2.75, 3.05) is 31.6 Å². The highest BCUT2D eigenvalue weighted by Gasteiger charge is 2.33. The summed E-state index contributed by atoms with van der Waals surface area (Å²) in [6.45, 7) is 2.22. The SMILES string of the molecule is CN1CCC(c2ccc(Cc3cc(-c4cc(F)cc(N5CCc6c(sc7c6CCCC7)C5=O)c4CO)cn(C)c3=O)nc2)CC1. The number of aliphatic hydroxyl groups excluding tert-OH is 1. The molecule has 1 saturated heterocycles. The molecule has 1 fully saturated rings. The quantitative estimate of drug-likeness (QED) is 0.301. The molecule has 0 atom stereocenters. The van der Waals surface area contributed by atoms with E-state index >= 15 is 4.39 Å². The van der Waals surface area contributed by atoms with Crippen molar-refractivity contribution in [2.24, 2.45) is 7.05 Å². The van der Waals surface area contributed by atoms with Gasteiger partial charge >= 0.3 is 0 Å². The molecule has 7 nitrogen and oxygen atoms in total. The van der Waals surface area contributed by atoms with Crippen LogP contribution in [0.25, 0.3) is 11.1 Å². The molecule has 1 N–H and O–H groups in total. The third kappa shape index (κ3) is 5.66. The van der Waals surface area contributed by atoms with Crippen LogP contribution in [0.15, 0.2) is 47.5 Å². The van der Waals surface area contributed by atoms with E-state index in [1.54, 1.807) is 35.5 Å². The largest absolute Gasteiger partial charge is 0.392 e. The Labute approximate surface area is 267 Å². The molecule has 0 radical (unpaired) electrons. The summed E-state index contributed by atoms with van der Waals surface area (Å²) in [5, 5.41) is 10.6. The predicted molar refractivity (Wildman–Crippen MR) is 176 cm³/mol. The van der Waals surface area contributed by atoms with E-state index in [-0.39, 0.29) is 18.1 Å². The van der Waals surface area contributed by atoms with Crippen LogP contribution in [0.1, 0.15) is 79.7 Å². The first kappa shape index (κ1) is 30.0. The van der Waals surface area contributed by atoms with Gasteiger partial charge in [0.05, 0.1) is 17.2 Å². The van der Waals surface area contributed by atoms with Crippen molar-refractivity contribution in [2.45, 2.75) is 63.9 Å². The first-order valence-electron chi connectivity index (χ1n) is 16.0. The number of amides is 1. The fourth-order valence-electron chi connectivity index (χ4n) is 7.41. The summed E-state index contributed by atoms with van der Waals surface area (Å²) < 4.78 is 16.8. The average molecular weight is 627 g/mol. The lowest BCUT2D eigenvalue weighted by Gasteiger charge is -2.30. The van der Waals surface area contributed by atoms with Gasteiger partial charge in [-0.15, -0.1) is 11.3 Å². The Balaban J connectivity index is 1.20. The van der Waals surface area contributed by atoms with Crippen molar-refractivity contribution >= 4 is 22.9 Å². The summed E-state index contributed by atoms with van der Waals surface area (Å²) in [5.74, 6) is -0.123. The Morgan fingerprint density at radius 1 is 1.00 bits per heavy atom. The van der Waals surface area contributed by atoms with Crippen LogP contribution in [-0.4, -0.2) is 52.1 Å². The zero-order valence-corrected chi connectivity index (χ0v) is 26.8. The number of carbonyl (C=O) groups excluding carboxylic acids is 1. The number of benzene rings is 1. The number of thiophene rings is 1. The van der Waals surface area contributed by atoms with Crippen molar-refractivity contribution in [3.63, 3.8) is 0 Å². The number of anilines is 1. The fraction of sp³-hybridized carbons (Fsp3) is 0.417. The Kier molecular flexibility index (Phi) is 8.18. The number of likely N-dealkylation sites (tertiary alicyclic amines) is 1. The van der Waals surface area contributed by atoms with Crippen LogP contribution in [0.2, 0.25) is 0 Å². The zero-order valence-electron chi connectivity index (χ0n) is 25.9. The van der Waals surface area contributed by atoms with Crippen molar-refractivity contribution in [3.05, 3.63) is 102 Å². The maximum atomic E-state index is 15.3. The first-order chi connectivity index (χ1) is 21.8. The molecule has 0 spiro atoms. The van der Waals surface area contributed by atoms with Crippen LogP contribution in [0, 0.1) is 5.82 Å². The number of aryl methyl sites for hydroxylation is 2. The standard InChI is InChI=1S/C36H39FN4O3S/c1-39-12-9-22(10-13-39)23-7-8-27(38-19-23)16-24-15-25(20-40(2)35(24)43)30-17-26(37)18-32(31(30)21-42)41-14-11-29-28-5-3-4-6-33(28)45-34(29)36(41)44/h7-8,15,17-20,22,42H,3-6,9-14,16,21H2,1-2H3. The van der Waals surface area contributed by atoms with Gasteiger partial charge in [0.25, 0.3) is 11.5 Å². The Bertz CT molecular complexity index is 1820. The molecule has 1 aromatic carbocycles. The van der Waals surface area contributed by atoms with E-state index in [9.17, 15) is 14.7 Å². The number of hydrogen-bond acceptors (Lipinski definition) is 6. The number of carbonyl (C=O) groups is 1. The Morgan fingerprint density at radius 3 is 2.56 bits per heavy atom. The van der Waals surface area contributed by atoms with Crippen LogP contribution in [0.5, 0.6) is 0 Å². The third-order valence-corrected chi connectivity index (χ3v) is 11.2. The van der Waals surface area contributed by atoms with Crippen LogP contribution in [0.4, 0.5) is 10.1 Å². The van der Waals surface area contributed by atoms with Crippen molar-refractivity contribution in [3.8, 4) is 11.1 Å². The first-order valence-corrected chi connectivity index (χ1v) is 16.8. The highest BCUT2D eigenvalue weighted by molar-refractivity contribution is 7.14. The van der Waals surface area contributed by atoms with Gasteiger partial charge in [-0.1, -0.05) is 6.07 Å². The zero-order chi connectivity index (χ0) is 31.2. The summed E-state index contributed by atoms with van der Waals surface area (Å²) in [6, 6.07) is 8.63. The van der Waals surface area contributed by atoms with Crippen molar-refractivity contribution in [1.29, 1.82) is 0 Å². The van der Waals surface area contributed by atoms with Crippen LogP contribution in [0.3, 0.4) is 0 Å². The highest BCUT2D eigenvalue weighted by Crippen LogP contribution is 2.41. The number of aliphatic hydroxyl groups is 1. The van der Waals surface area contributed by atoms with E-state index in [1.165, 1.54) is 32.7 Å². The second-order valence-corrected chi connectivity index (χ2v) is 13.9. The Hall–Kier alpha value is -3.66. The predicted octanol–water partition coefficient (Wildman–Crippen LogP) is 5.62. The van der Waals surface area contributed by atoms with Gasteiger partial charge < -0.3 is 19.5 Å². The molecule has 3 aliphatic rings. The molecule has 5 heterocycles. The summed E-state index contributed by atoms with van der Waals surface area (Å²) >= 11 is 1.58. The van der Waals surface area contributed by atoms with Crippen LogP contribution < -0.4 is 10.5 Å². The van der Waals surface area contributed by atoms with Gasteiger partial charge in [0, 0.05) is 54.1 Å². The van der Waals surface area contributed by atoms with E-state index in [0.717, 1.165) is 74.2 Å². The fourth-order valence-corrected chi connectivity index (χ4v) is 8.79. The molecule has 0 bridgehead atoms. The van der Waals surface area contributed by atoms with Gasteiger partial charge in [0.2, 0.25) is 0 Å². The van der Waals surface area contributed by atoms with Crippen LogP contribution >= 0.6 is 11.3 Å². The Morgan fingerprint density at radius 2 is 1.80 bits per heavy atom. The number of hydrogen-bond donors (Lipinski definition) is 1. The molecule has 9 heteroatoms. The molecule has 0 unspecified atom stereocenters. The molecule has 0 saturated carbocycles. The molecule has 4 aromatic rings. The molecule has 1 aliphatic carbocycles. The summed E-state index contributed by atoms with van der Waals surface area (Å²) in [4.78, 5) is 37.8. The minimum Gasteiger partial charge on any atom is -0.392 e. The minimum atomic E-state index is -0.497. The number of rotatable bonds is 6. The van der Waals surface area contributed by atoms with Crippen LogP contribution in [-0.2, 0) is 39.3 Å². The topological polar surface area (TPSA) is 78.7 Å². The van der Waals surface area contributed by atoms with E-state index in [1.807, 2.05) is 12.3 Å². The van der Waals surface area contributed by atoms with Gasteiger partial charge in [-0.2, -0.15) is 0 Å². The maximum absolute atomic E-state index is 15.3. The molecular weight excluding hydrogens is 587 g/mol. The van der Waals surface area contributed by atoms with Gasteiger partial charge in [0.1, 0.15) is 5.82 Å². The molecule has 45 heavy (non-hydrogen) atoms. The number of piperidine rings is 1. The molecule has 234 valence electrons. The van der Waals surface area contributed by atoms with Crippen molar-refractivity contribution in [1.82, 2.24) is 14.5 Å². The summed E-state index contributed by atoms with van der Waals surface area (Å²) in [5.41, 5.74) is 6.85. The van der Waals surface area contributed by atoms with Gasteiger partial charge in [-0.25, -0.2) is 4.39 Å². The molecule has 1 amide bonds. The number of halogens is 1. The summed E-state index contributed by atoms with van der Waals surface area (Å²) in [7, 11) is 3.83. The lowest BCUT2D eigenvalue weighted by molar-refractivity contribution is 0.0984. The van der Waals surface area contributed by atoms with Crippen molar-refractivity contribution < 1.29 is 14.3 Å². The average Bonchev–Trinajstić information content (AvgIpc) is 3.43. The molecule has 3 aromatic heterocycles. The molecule has 7 rings (SSSR count). The number of aromatic nitrogens is 2. The normalized spacial score (nSPS) is 17.4. The number of pyridine rings is 2. The monoisotopic (exact) mass is 626 g/mol. The summed E-state index contributed by atoms with van der Waals surface area (Å²) in [6.07, 6.45) is 11.2. The van der Waals surface area contributed by atoms with Gasteiger partial charge in [-0.3, -0.25) is 14.6 Å². The van der Waals surface area contributed by atoms with Gasteiger partial charge in [-0.05, 0) is 123 Å². The van der Waals surface area contributed by atoms with E-state index in [2.05, 4.69) is 18.0 Å². The maximum Gasteiger partial charge on any atom is 0.268 e. The minimum absolute atomic E-state index is 0.127. The lowest BCUT2D eigenvalue weighted by Crippen LogP contribution is -2.37. The highest BCUT2D eigenvalue weighted by atomic mass is 32.1. The second-order valence-electron chi connectivity index (χ2n) is 12.8.